The fourth-order valence-corrected chi connectivity index (χ4v) is 6.48. The summed E-state index contributed by atoms with van der Waals surface area (Å²) < 4.78 is 59.6. The van der Waals surface area contributed by atoms with E-state index >= 15 is 0 Å². The number of ether oxygens (including phenoxy) is 1. The van der Waals surface area contributed by atoms with Crippen LogP contribution in [-0.4, -0.2) is 73.9 Å². The average Bonchev–Trinajstić information content (AvgIpc) is 2.78. The number of sulfonamides is 1. The molecule has 1 heterocycles. The molecule has 0 spiro atoms. The van der Waals surface area contributed by atoms with E-state index in [1.807, 2.05) is 6.92 Å². The molecule has 0 N–H and O–H groups in total. The highest BCUT2D eigenvalue weighted by Gasteiger charge is 2.47. The minimum absolute atomic E-state index is 0.0664. The number of hydrogen-bond acceptors (Lipinski definition) is 5. The average molecular weight is 473 g/mol. The van der Waals surface area contributed by atoms with Crippen molar-refractivity contribution in [2.45, 2.75) is 63.3 Å². The molecule has 1 aliphatic heterocycles. The lowest BCUT2D eigenvalue weighted by Crippen LogP contribution is -2.60. The molecule has 1 saturated carbocycles. The minimum atomic E-state index is -3.28. The van der Waals surface area contributed by atoms with Gasteiger partial charge in [-0.05, 0) is 37.8 Å². The molecule has 1 saturated heterocycles. The van der Waals surface area contributed by atoms with Crippen LogP contribution < -0.4 is 4.74 Å². The van der Waals surface area contributed by atoms with E-state index in [2.05, 4.69) is 4.90 Å². The normalized spacial score (nSPS) is 21.9. The van der Waals surface area contributed by atoms with E-state index in [0.717, 1.165) is 0 Å². The third kappa shape index (κ3) is 5.66. The van der Waals surface area contributed by atoms with Crippen LogP contribution in [0.4, 0.5) is 8.78 Å². The van der Waals surface area contributed by atoms with Gasteiger partial charge in [-0.1, -0.05) is 19.1 Å². The van der Waals surface area contributed by atoms with E-state index in [1.165, 1.54) is 11.4 Å². The Morgan fingerprint density at radius 2 is 1.69 bits per heavy atom. The van der Waals surface area contributed by atoms with Crippen LogP contribution in [0.1, 0.15) is 62.2 Å². The lowest BCUT2D eigenvalue weighted by Gasteiger charge is -2.51. The van der Waals surface area contributed by atoms with E-state index in [4.69, 9.17) is 4.74 Å². The number of Topliss-reactive ketones (excluding diaryl/α,β-unsaturated/α-hetero) is 1. The van der Waals surface area contributed by atoms with Gasteiger partial charge in [0.1, 0.15) is 5.75 Å². The van der Waals surface area contributed by atoms with Crippen LogP contribution in [0.3, 0.4) is 0 Å². The van der Waals surface area contributed by atoms with Crippen molar-refractivity contribution in [1.29, 1.82) is 0 Å². The third-order valence-electron chi connectivity index (χ3n) is 6.90. The number of ketones is 1. The van der Waals surface area contributed by atoms with Crippen molar-refractivity contribution in [3.8, 4) is 5.75 Å². The van der Waals surface area contributed by atoms with Gasteiger partial charge in [-0.25, -0.2) is 17.2 Å². The quantitative estimate of drug-likeness (QED) is 0.509. The van der Waals surface area contributed by atoms with Gasteiger partial charge in [-0.15, -0.1) is 0 Å². The second-order valence-corrected chi connectivity index (χ2v) is 11.0. The van der Waals surface area contributed by atoms with Crippen molar-refractivity contribution >= 4 is 15.8 Å². The second kappa shape index (κ2) is 10.1. The van der Waals surface area contributed by atoms with Crippen molar-refractivity contribution in [2.75, 3.05) is 39.0 Å². The Kier molecular flexibility index (Phi) is 7.93. The molecule has 0 amide bonds. The van der Waals surface area contributed by atoms with E-state index in [-0.39, 0.29) is 30.8 Å². The summed E-state index contributed by atoms with van der Waals surface area (Å²) in [6, 6.07) is 7.04. The smallest absolute Gasteiger partial charge is 0.248 e. The fourth-order valence-electron chi connectivity index (χ4n) is 4.99. The Morgan fingerprint density at radius 3 is 2.28 bits per heavy atom. The predicted octanol–water partition coefficient (Wildman–Crippen LogP) is 3.96. The summed E-state index contributed by atoms with van der Waals surface area (Å²) in [6.07, 6.45) is 1.48. The van der Waals surface area contributed by atoms with Gasteiger partial charge in [0.2, 0.25) is 15.9 Å². The molecule has 2 aliphatic rings. The summed E-state index contributed by atoms with van der Waals surface area (Å²) in [4.78, 5) is 15.1. The van der Waals surface area contributed by atoms with Crippen molar-refractivity contribution in [3.05, 3.63) is 29.8 Å². The lowest BCUT2D eigenvalue weighted by atomic mass is 9.74. The summed E-state index contributed by atoms with van der Waals surface area (Å²) >= 11 is 0. The number of para-hydroxylation sites is 1. The van der Waals surface area contributed by atoms with Crippen molar-refractivity contribution in [3.63, 3.8) is 0 Å². The van der Waals surface area contributed by atoms with Crippen molar-refractivity contribution in [1.82, 2.24) is 9.21 Å². The molecule has 2 fully saturated rings. The summed E-state index contributed by atoms with van der Waals surface area (Å²) in [5.74, 6) is -2.11. The van der Waals surface area contributed by atoms with Gasteiger partial charge >= 0.3 is 0 Å². The van der Waals surface area contributed by atoms with Crippen molar-refractivity contribution < 1.29 is 26.7 Å². The number of benzene rings is 1. The van der Waals surface area contributed by atoms with Gasteiger partial charge in [-0.3, -0.25) is 9.69 Å². The Balaban J connectivity index is 1.72. The van der Waals surface area contributed by atoms with E-state index in [1.54, 1.807) is 24.3 Å². The highest BCUT2D eigenvalue weighted by atomic mass is 32.2. The van der Waals surface area contributed by atoms with Crippen LogP contribution in [0.15, 0.2) is 24.3 Å². The Hall–Kier alpha value is -1.58. The molecule has 0 atom stereocenters. The number of carbonyl (C=O) groups excluding carboxylic acids is 1. The predicted molar refractivity (Wildman–Crippen MR) is 120 cm³/mol. The van der Waals surface area contributed by atoms with Gasteiger partial charge < -0.3 is 4.74 Å². The first-order valence-electron chi connectivity index (χ1n) is 11.4. The summed E-state index contributed by atoms with van der Waals surface area (Å²) in [6.45, 7) is 3.56. The molecule has 1 aromatic rings. The summed E-state index contributed by atoms with van der Waals surface area (Å²) in [5.41, 5.74) is -0.0123. The number of methoxy groups -OCH3 is 1. The highest BCUT2D eigenvalue weighted by molar-refractivity contribution is 7.89. The molecule has 0 bridgehead atoms. The lowest BCUT2D eigenvalue weighted by molar-refractivity contribution is -0.0891. The second-order valence-electron chi connectivity index (χ2n) is 8.91. The van der Waals surface area contributed by atoms with Crippen LogP contribution in [0.25, 0.3) is 0 Å². The molecule has 180 valence electrons. The van der Waals surface area contributed by atoms with Crippen LogP contribution in [0, 0.1) is 0 Å². The number of nitrogens with zero attached hydrogens (tertiary/aromatic N) is 2. The number of alkyl halides is 2. The molecular formula is C23H34F2N2O4S. The molecule has 3 rings (SSSR count). The van der Waals surface area contributed by atoms with Gasteiger partial charge in [0.05, 0.1) is 18.4 Å². The Morgan fingerprint density at radius 1 is 1.06 bits per heavy atom. The molecule has 6 nitrogen and oxygen atoms in total. The topological polar surface area (TPSA) is 66.9 Å². The number of piperazine rings is 1. The SMILES string of the molecule is CCCS(=O)(=O)N1CCN(C2(CCC(=O)c3ccccc3OC)CCC(F)(F)CC2)CC1. The number of carbonyl (C=O) groups is 1. The van der Waals surface area contributed by atoms with Crippen LogP contribution in [0.5, 0.6) is 5.75 Å². The maximum Gasteiger partial charge on any atom is 0.248 e. The van der Waals surface area contributed by atoms with Crippen LogP contribution in [0.2, 0.25) is 0 Å². The number of hydrogen-bond donors (Lipinski definition) is 0. The van der Waals surface area contributed by atoms with Gasteiger partial charge in [0.15, 0.2) is 5.78 Å². The van der Waals surface area contributed by atoms with E-state index in [0.29, 0.717) is 63.2 Å². The van der Waals surface area contributed by atoms with Crippen molar-refractivity contribution in [2.24, 2.45) is 0 Å². The standard InChI is InChI=1S/C23H34F2N2O4S/c1-3-18-32(29,30)27-16-14-26(15-17-27)22(10-12-23(24,25)13-11-22)9-8-20(28)19-6-4-5-7-21(19)31-2/h4-7H,3,8-18H2,1-2H3. The molecule has 9 heteroatoms. The largest absolute Gasteiger partial charge is 0.496 e. The summed E-state index contributed by atoms with van der Waals surface area (Å²) in [7, 11) is -1.76. The zero-order valence-corrected chi connectivity index (χ0v) is 19.8. The number of rotatable bonds is 9. The Labute approximate surface area is 190 Å². The molecule has 0 unspecified atom stereocenters. The maximum absolute atomic E-state index is 14.0. The molecule has 1 aliphatic carbocycles. The van der Waals surface area contributed by atoms with Gasteiger partial charge in [-0.2, -0.15) is 4.31 Å². The number of halogens is 2. The first-order valence-corrected chi connectivity index (χ1v) is 13.0. The zero-order valence-electron chi connectivity index (χ0n) is 19.0. The zero-order chi connectivity index (χ0) is 23.4. The maximum atomic E-state index is 14.0. The minimum Gasteiger partial charge on any atom is -0.496 e. The highest BCUT2D eigenvalue weighted by Crippen LogP contribution is 2.44. The van der Waals surface area contributed by atoms with Gasteiger partial charge in [0, 0.05) is 51.0 Å². The van der Waals surface area contributed by atoms with Crippen LogP contribution in [-0.2, 0) is 10.0 Å². The van der Waals surface area contributed by atoms with Crippen LogP contribution >= 0.6 is 0 Å². The first kappa shape index (κ1) is 25.1. The fraction of sp³-hybridized carbons (Fsp3) is 0.696. The molecule has 1 aromatic carbocycles. The molecule has 0 aromatic heterocycles. The molecular weight excluding hydrogens is 438 g/mol. The van der Waals surface area contributed by atoms with E-state index < -0.39 is 21.5 Å². The third-order valence-corrected chi connectivity index (χ3v) is 8.98. The monoisotopic (exact) mass is 472 g/mol. The van der Waals surface area contributed by atoms with Gasteiger partial charge in [0.25, 0.3) is 0 Å². The first-order chi connectivity index (χ1) is 15.1. The molecule has 0 radical (unpaired) electrons. The Bertz CT molecular complexity index is 889. The summed E-state index contributed by atoms with van der Waals surface area (Å²) in [5, 5.41) is 0. The molecule has 32 heavy (non-hydrogen) atoms. The van der Waals surface area contributed by atoms with E-state index in [9.17, 15) is 22.0 Å².